The predicted molar refractivity (Wildman–Crippen MR) is 87.2 cm³/mol. The highest BCUT2D eigenvalue weighted by Crippen LogP contribution is 2.37. The molecule has 0 bridgehead atoms. The summed E-state index contributed by atoms with van der Waals surface area (Å²) in [6.07, 6.45) is -1.68. The largest absolute Gasteiger partial charge is 0.573 e. The number of benzene rings is 1. The minimum Gasteiger partial charge on any atom is -0.406 e. The van der Waals surface area contributed by atoms with Gasteiger partial charge in [-0.2, -0.15) is 0 Å². The molecule has 1 aliphatic carbocycles. The van der Waals surface area contributed by atoms with Gasteiger partial charge in [-0.05, 0) is 70.8 Å². The second kappa shape index (κ2) is 7.74. The Labute approximate surface area is 141 Å². The molecule has 6 heteroatoms. The molecule has 1 saturated carbocycles. The van der Waals surface area contributed by atoms with E-state index in [0.717, 1.165) is 24.8 Å². The SMILES string of the molecule is CC(C)O[C@H]1CC[C@H](c2cccc(OC(F)(F)F)c2)C[C@@H]1N(C)C. The smallest absolute Gasteiger partial charge is 0.406 e. The van der Waals surface area contributed by atoms with E-state index in [2.05, 4.69) is 9.64 Å². The number of likely N-dealkylation sites (N-methyl/N-ethyl adjacent to an activating group) is 1. The Morgan fingerprint density at radius 2 is 1.88 bits per heavy atom. The molecule has 1 aromatic carbocycles. The van der Waals surface area contributed by atoms with Crippen molar-refractivity contribution in [1.82, 2.24) is 4.90 Å². The first-order valence-corrected chi connectivity index (χ1v) is 8.33. The molecule has 2 rings (SSSR count). The average Bonchev–Trinajstić information content (AvgIpc) is 2.45. The van der Waals surface area contributed by atoms with Crippen LogP contribution in [0.5, 0.6) is 5.75 Å². The Morgan fingerprint density at radius 3 is 2.46 bits per heavy atom. The summed E-state index contributed by atoms with van der Waals surface area (Å²) in [5, 5.41) is 0. The van der Waals surface area contributed by atoms with Crippen LogP contribution < -0.4 is 4.74 Å². The molecule has 0 amide bonds. The molecule has 3 atom stereocenters. The number of ether oxygens (including phenoxy) is 2. The molecule has 0 aliphatic heterocycles. The van der Waals surface area contributed by atoms with Gasteiger partial charge in [0.1, 0.15) is 5.75 Å². The maximum atomic E-state index is 12.4. The quantitative estimate of drug-likeness (QED) is 0.780. The standard InChI is InChI=1S/C18H26F3NO2/c1-12(2)23-17-9-8-14(11-16(17)22(3)4)13-6-5-7-15(10-13)24-18(19,20)21/h5-7,10,12,14,16-17H,8-9,11H2,1-4H3/t14-,16-,17-/m0/s1. The van der Waals surface area contributed by atoms with Gasteiger partial charge >= 0.3 is 6.36 Å². The summed E-state index contributed by atoms with van der Waals surface area (Å²) < 4.78 is 47.3. The number of hydrogen-bond acceptors (Lipinski definition) is 3. The summed E-state index contributed by atoms with van der Waals surface area (Å²) >= 11 is 0. The van der Waals surface area contributed by atoms with Crippen molar-refractivity contribution in [3.8, 4) is 5.75 Å². The number of rotatable bonds is 5. The van der Waals surface area contributed by atoms with Crippen molar-refractivity contribution in [2.24, 2.45) is 0 Å². The fourth-order valence-electron chi connectivity index (χ4n) is 3.44. The fourth-order valence-corrected chi connectivity index (χ4v) is 3.44. The molecule has 136 valence electrons. The zero-order valence-electron chi connectivity index (χ0n) is 14.6. The highest BCUT2D eigenvalue weighted by molar-refractivity contribution is 5.31. The van der Waals surface area contributed by atoms with Gasteiger partial charge in [0.15, 0.2) is 0 Å². The first kappa shape index (κ1) is 19.1. The predicted octanol–water partition coefficient (Wildman–Crippen LogP) is 4.58. The fraction of sp³-hybridized carbons (Fsp3) is 0.667. The van der Waals surface area contributed by atoms with Gasteiger partial charge in [-0.15, -0.1) is 13.2 Å². The van der Waals surface area contributed by atoms with Crippen molar-refractivity contribution < 1.29 is 22.6 Å². The summed E-state index contributed by atoms with van der Waals surface area (Å²) in [6, 6.07) is 6.60. The first-order valence-electron chi connectivity index (χ1n) is 8.33. The van der Waals surface area contributed by atoms with Crippen molar-refractivity contribution in [2.45, 2.75) is 63.6 Å². The second-order valence-corrected chi connectivity index (χ2v) is 6.88. The molecule has 0 heterocycles. The van der Waals surface area contributed by atoms with Gasteiger partial charge in [-0.3, -0.25) is 0 Å². The summed E-state index contributed by atoms with van der Waals surface area (Å²) in [6.45, 7) is 4.05. The minimum absolute atomic E-state index is 0.151. The highest BCUT2D eigenvalue weighted by atomic mass is 19.4. The average molecular weight is 345 g/mol. The Hall–Kier alpha value is -1.27. The third kappa shape index (κ3) is 5.38. The molecule has 0 unspecified atom stereocenters. The number of hydrogen-bond donors (Lipinski definition) is 0. The lowest BCUT2D eigenvalue weighted by Crippen LogP contribution is -2.45. The highest BCUT2D eigenvalue weighted by Gasteiger charge is 2.35. The van der Waals surface area contributed by atoms with E-state index >= 15 is 0 Å². The third-order valence-corrected chi connectivity index (χ3v) is 4.43. The van der Waals surface area contributed by atoms with Gasteiger partial charge in [0.25, 0.3) is 0 Å². The molecule has 3 nitrogen and oxygen atoms in total. The van der Waals surface area contributed by atoms with Crippen molar-refractivity contribution in [1.29, 1.82) is 0 Å². The molecule has 1 aliphatic rings. The molecule has 1 fully saturated rings. The van der Waals surface area contributed by atoms with Crippen molar-refractivity contribution in [3.63, 3.8) is 0 Å². The lowest BCUT2D eigenvalue weighted by Gasteiger charge is -2.40. The van der Waals surface area contributed by atoms with E-state index in [1.54, 1.807) is 6.07 Å². The monoisotopic (exact) mass is 345 g/mol. The van der Waals surface area contributed by atoms with Gasteiger partial charge in [-0.25, -0.2) is 0 Å². The molecule has 0 radical (unpaired) electrons. The molecule has 0 saturated heterocycles. The number of alkyl halides is 3. The second-order valence-electron chi connectivity index (χ2n) is 6.88. The van der Waals surface area contributed by atoms with Gasteiger partial charge < -0.3 is 14.4 Å². The van der Waals surface area contributed by atoms with E-state index in [-0.39, 0.29) is 29.9 Å². The van der Waals surface area contributed by atoms with E-state index < -0.39 is 6.36 Å². The van der Waals surface area contributed by atoms with Crippen LogP contribution in [-0.2, 0) is 4.74 Å². The summed E-state index contributed by atoms with van der Waals surface area (Å²) in [4.78, 5) is 2.15. The molecule has 0 spiro atoms. The summed E-state index contributed by atoms with van der Waals surface area (Å²) in [5.41, 5.74) is 0.895. The van der Waals surface area contributed by atoms with Gasteiger partial charge in [0.2, 0.25) is 0 Å². The van der Waals surface area contributed by atoms with Crippen LogP contribution in [0.3, 0.4) is 0 Å². The lowest BCUT2D eigenvalue weighted by molar-refractivity contribution is -0.274. The van der Waals surface area contributed by atoms with Crippen molar-refractivity contribution >= 4 is 0 Å². The van der Waals surface area contributed by atoms with E-state index in [1.807, 2.05) is 34.0 Å². The molecule has 24 heavy (non-hydrogen) atoms. The Bertz CT molecular complexity index is 531. The summed E-state index contributed by atoms with van der Waals surface area (Å²) in [5.74, 6) is 0.0585. The van der Waals surface area contributed by atoms with Gasteiger partial charge in [0, 0.05) is 6.04 Å². The normalized spacial score (nSPS) is 25.3. The Morgan fingerprint density at radius 1 is 1.17 bits per heavy atom. The number of halogens is 3. The zero-order chi connectivity index (χ0) is 17.9. The lowest BCUT2D eigenvalue weighted by atomic mass is 9.79. The van der Waals surface area contributed by atoms with E-state index in [9.17, 15) is 13.2 Å². The minimum atomic E-state index is -4.66. The van der Waals surface area contributed by atoms with Crippen LogP contribution in [0.25, 0.3) is 0 Å². The molecular formula is C18H26F3NO2. The molecule has 0 aromatic heterocycles. The molecule has 0 N–H and O–H groups in total. The zero-order valence-corrected chi connectivity index (χ0v) is 14.6. The van der Waals surface area contributed by atoms with Crippen LogP contribution in [0.1, 0.15) is 44.6 Å². The van der Waals surface area contributed by atoms with Crippen LogP contribution in [-0.4, -0.2) is 43.6 Å². The van der Waals surface area contributed by atoms with Crippen LogP contribution in [0, 0.1) is 0 Å². The topological polar surface area (TPSA) is 21.7 Å². The summed E-state index contributed by atoms with van der Waals surface area (Å²) in [7, 11) is 4.04. The molecular weight excluding hydrogens is 319 g/mol. The Balaban J connectivity index is 2.11. The van der Waals surface area contributed by atoms with E-state index in [1.165, 1.54) is 12.1 Å². The van der Waals surface area contributed by atoms with Crippen molar-refractivity contribution in [2.75, 3.05) is 14.1 Å². The third-order valence-electron chi connectivity index (χ3n) is 4.43. The van der Waals surface area contributed by atoms with E-state index in [0.29, 0.717) is 0 Å². The first-order chi connectivity index (χ1) is 11.2. The number of nitrogens with zero attached hydrogens (tertiary/aromatic N) is 1. The maximum Gasteiger partial charge on any atom is 0.573 e. The van der Waals surface area contributed by atoms with Crippen LogP contribution in [0.4, 0.5) is 13.2 Å². The van der Waals surface area contributed by atoms with Gasteiger partial charge in [0.05, 0.1) is 12.2 Å². The maximum absolute atomic E-state index is 12.4. The van der Waals surface area contributed by atoms with Crippen LogP contribution >= 0.6 is 0 Å². The molecule has 1 aromatic rings. The van der Waals surface area contributed by atoms with Gasteiger partial charge in [-0.1, -0.05) is 12.1 Å². The Kier molecular flexibility index (Phi) is 6.15. The van der Waals surface area contributed by atoms with Crippen LogP contribution in [0.15, 0.2) is 24.3 Å². The van der Waals surface area contributed by atoms with Crippen LogP contribution in [0.2, 0.25) is 0 Å². The van der Waals surface area contributed by atoms with E-state index in [4.69, 9.17) is 4.74 Å². The van der Waals surface area contributed by atoms with Crippen molar-refractivity contribution in [3.05, 3.63) is 29.8 Å².